The van der Waals surface area contributed by atoms with E-state index in [-0.39, 0.29) is 23.4 Å². The summed E-state index contributed by atoms with van der Waals surface area (Å²) < 4.78 is 15.8. The standard InChI is InChI=1S/C22H24ClFN6O/c1-28(2)22-25-12-17(15-6-7-18(23)19(24)11-15)21(27-22)16-5-3-9-29(13-16)20(31)14-30-10-4-8-26-30/h4,6-8,10-12,16H,3,5,9,13-14H2,1-2H3/t16-/m0/s1. The van der Waals surface area contributed by atoms with Crippen molar-refractivity contribution >= 4 is 23.5 Å². The van der Waals surface area contributed by atoms with Gasteiger partial charge in [0.25, 0.3) is 0 Å². The van der Waals surface area contributed by atoms with Crippen LogP contribution in [0.15, 0.2) is 42.9 Å². The lowest BCUT2D eigenvalue weighted by atomic mass is 9.90. The number of carbonyl (C=O) groups is 1. The number of anilines is 1. The lowest BCUT2D eigenvalue weighted by Gasteiger charge is -2.33. The first-order valence-corrected chi connectivity index (χ1v) is 10.5. The number of nitrogens with zero attached hydrogens (tertiary/aromatic N) is 6. The van der Waals surface area contributed by atoms with Crippen LogP contribution in [-0.4, -0.2) is 57.7 Å². The Morgan fingerprint density at radius 2 is 2.19 bits per heavy atom. The summed E-state index contributed by atoms with van der Waals surface area (Å²) in [6.45, 7) is 1.46. The summed E-state index contributed by atoms with van der Waals surface area (Å²) in [4.78, 5) is 25.7. The molecule has 0 spiro atoms. The van der Waals surface area contributed by atoms with Gasteiger partial charge < -0.3 is 9.80 Å². The third-order valence-corrected chi connectivity index (χ3v) is 5.76. The first-order valence-electron chi connectivity index (χ1n) is 10.2. The molecule has 1 aromatic carbocycles. The molecule has 0 saturated carbocycles. The predicted molar refractivity (Wildman–Crippen MR) is 118 cm³/mol. The Labute approximate surface area is 185 Å². The number of hydrogen-bond acceptors (Lipinski definition) is 5. The molecule has 162 valence electrons. The molecule has 0 unspecified atom stereocenters. The van der Waals surface area contributed by atoms with Crippen molar-refractivity contribution in [2.45, 2.75) is 25.3 Å². The molecular weight excluding hydrogens is 419 g/mol. The zero-order valence-electron chi connectivity index (χ0n) is 17.5. The number of rotatable bonds is 5. The maximum atomic E-state index is 14.2. The number of benzene rings is 1. The van der Waals surface area contributed by atoms with Crippen molar-refractivity contribution in [1.29, 1.82) is 0 Å². The Hall–Kier alpha value is -3.00. The summed E-state index contributed by atoms with van der Waals surface area (Å²) >= 11 is 5.87. The summed E-state index contributed by atoms with van der Waals surface area (Å²) in [7, 11) is 3.75. The predicted octanol–water partition coefficient (Wildman–Crippen LogP) is 3.60. The van der Waals surface area contributed by atoms with E-state index in [1.165, 1.54) is 12.1 Å². The van der Waals surface area contributed by atoms with Gasteiger partial charge in [-0.2, -0.15) is 5.10 Å². The molecule has 1 aliphatic rings. The van der Waals surface area contributed by atoms with Gasteiger partial charge in [0.05, 0.1) is 10.7 Å². The van der Waals surface area contributed by atoms with Crippen molar-refractivity contribution in [3.63, 3.8) is 0 Å². The van der Waals surface area contributed by atoms with Gasteiger partial charge in [0.1, 0.15) is 12.4 Å². The zero-order chi connectivity index (χ0) is 22.0. The Balaban J connectivity index is 1.65. The van der Waals surface area contributed by atoms with E-state index < -0.39 is 5.82 Å². The Kier molecular flexibility index (Phi) is 6.18. The highest BCUT2D eigenvalue weighted by Gasteiger charge is 2.28. The third kappa shape index (κ3) is 4.69. The second-order valence-corrected chi connectivity index (χ2v) is 8.28. The van der Waals surface area contributed by atoms with E-state index in [0.29, 0.717) is 24.6 Å². The van der Waals surface area contributed by atoms with Crippen LogP contribution in [-0.2, 0) is 11.3 Å². The first-order chi connectivity index (χ1) is 14.9. The molecule has 7 nitrogen and oxygen atoms in total. The summed E-state index contributed by atoms with van der Waals surface area (Å²) in [5.74, 6) is 0.134. The molecular formula is C22H24ClFN6O. The Morgan fingerprint density at radius 3 is 2.90 bits per heavy atom. The Bertz CT molecular complexity index is 1070. The smallest absolute Gasteiger partial charge is 0.244 e. The number of amides is 1. The summed E-state index contributed by atoms with van der Waals surface area (Å²) in [5.41, 5.74) is 2.24. The molecule has 4 rings (SSSR count). The van der Waals surface area contributed by atoms with E-state index >= 15 is 0 Å². The minimum atomic E-state index is -0.485. The zero-order valence-corrected chi connectivity index (χ0v) is 18.3. The fourth-order valence-corrected chi connectivity index (χ4v) is 3.97. The number of halogens is 2. The van der Waals surface area contributed by atoms with Crippen LogP contribution in [0.25, 0.3) is 11.1 Å². The normalized spacial score (nSPS) is 16.4. The van der Waals surface area contributed by atoms with Gasteiger partial charge in [0.2, 0.25) is 11.9 Å². The molecule has 0 aliphatic carbocycles. The maximum absolute atomic E-state index is 14.2. The highest BCUT2D eigenvalue weighted by atomic mass is 35.5. The minimum Gasteiger partial charge on any atom is -0.347 e. The van der Waals surface area contributed by atoms with E-state index in [0.717, 1.165) is 24.1 Å². The van der Waals surface area contributed by atoms with Crippen LogP contribution >= 0.6 is 11.6 Å². The number of carbonyl (C=O) groups excluding carboxylic acids is 1. The van der Waals surface area contributed by atoms with Crippen molar-refractivity contribution in [3.8, 4) is 11.1 Å². The molecule has 3 heterocycles. The van der Waals surface area contributed by atoms with Crippen molar-refractivity contribution < 1.29 is 9.18 Å². The maximum Gasteiger partial charge on any atom is 0.244 e. The second kappa shape index (κ2) is 9.01. The van der Waals surface area contributed by atoms with Crippen LogP contribution in [0, 0.1) is 5.82 Å². The molecule has 0 N–H and O–H groups in total. The van der Waals surface area contributed by atoms with Crippen LogP contribution in [0.5, 0.6) is 0 Å². The quantitative estimate of drug-likeness (QED) is 0.604. The van der Waals surface area contributed by atoms with Crippen LogP contribution in [0.3, 0.4) is 0 Å². The van der Waals surface area contributed by atoms with Crippen LogP contribution in [0.4, 0.5) is 10.3 Å². The lowest BCUT2D eigenvalue weighted by molar-refractivity contribution is -0.133. The highest BCUT2D eigenvalue weighted by Crippen LogP contribution is 2.35. The monoisotopic (exact) mass is 442 g/mol. The van der Waals surface area contributed by atoms with Crippen molar-refractivity contribution in [3.05, 3.63) is 59.4 Å². The fourth-order valence-electron chi connectivity index (χ4n) is 3.86. The molecule has 1 amide bonds. The van der Waals surface area contributed by atoms with E-state index in [1.54, 1.807) is 35.4 Å². The van der Waals surface area contributed by atoms with E-state index in [9.17, 15) is 9.18 Å². The van der Waals surface area contributed by atoms with Crippen LogP contribution in [0.2, 0.25) is 5.02 Å². The number of likely N-dealkylation sites (tertiary alicyclic amines) is 1. The SMILES string of the molecule is CN(C)c1ncc(-c2ccc(Cl)c(F)c2)c([C@H]2CCCN(C(=O)Cn3cccn3)C2)n1. The largest absolute Gasteiger partial charge is 0.347 e. The molecule has 1 fully saturated rings. The number of hydrogen-bond donors (Lipinski definition) is 0. The molecule has 0 radical (unpaired) electrons. The molecule has 1 aliphatic heterocycles. The van der Waals surface area contributed by atoms with E-state index in [4.69, 9.17) is 16.6 Å². The Morgan fingerprint density at radius 1 is 1.35 bits per heavy atom. The van der Waals surface area contributed by atoms with Gasteiger partial charge >= 0.3 is 0 Å². The highest BCUT2D eigenvalue weighted by molar-refractivity contribution is 6.30. The fraction of sp³-hybridized carbons (Fsp3) is 0.364. The average molecular weight is 443 g/mol. The van der Waals surface area contributed by atoms with Gasteiger partial charge in [-0.25, -0.2) is 14.4 Å². The number of aromatic nitrogens is 4. The van der Waals surface area contributed by atoms with Gasteiger partial charge in [0, 0.05) is 57.3 Å². The molecule has 31 heavy (non-hydrogen) atoms. The molecule has 1 saturated heterocycles. The lowest BCUT2D eigenvalue weighted by Crippen LogP contribution is -2.41. The van der Waals surface area contributed by atoms with Gasteiger partial charge in [-0.15, -0.1) is 0 Å². The molecule has 3 aromatic rings. The molecule has 9 heteroatoms. The van der Waals surface area contributed by atoms with Gasteiger partial charge in [-0.1, -0.05) is 17.7 Å². The van der Waals surface area contributed by atoms with Gasteiger partial charge in [-0.3, -0.25) is 9.48 Å². The van der Waals surface area contributed by atoms with Crippen molar-refractivity contribution in [1.82, 2.24) is 24.6 Å². The van der Waals surface area contributed by atoms with E-state index in [2.05, 4.69) is 10.1 Å². The minimum absolute atomic E-state index is 0.0192. The molecule has 0 bridgehead atoms. The van der Waals surface area contributed by atoms with Crippen molar-refractivity contribution in [2.24, 2.45) is 0 Å². The van der Waals surface area contributed by atoms with Gasteiger partial charge in [0.15, 0.2) is 0 Å². The summed E-state index contributed by atoms with van der Waals surface area (Å²) in [6, 6.07) is 6.51. The topological polar surface area (TPSA) is 67.2 Å². The van der Waals surface area contributed by atoms with Crippen molar-refractivity contribution in [2.75, 3.05) is 32.1 Å². The van der Waals surface area contributed by atoms with Crippen LogP contribution < -0.4 is 4.90 Å². The summed E-state index contributed by atoms with van der Waals surface area (Å²) in [6.07, 6.45) is 6.92. The average Bonchev–Trinajstić information content (AvgIpc) is 3.28. The third-order valence-electron chi connectivity index (χ3n) is 5.45. The number of piperidine rings is 1. The van der Waals surface area contributed by atoms with Gasteiger partial charge in [-0.05, 0) is 36.6 Å². The summed E-state index contributed by atoms with van der Waals surface area (Å²) in [5, 5.41) is 4.20. The molecule has 1 atom stereocenters. The molecule has 2 aromatic heterocycles. The van der Waals surface area contributed by atoms with E-state index in [1.807, 2.05) is 23.9 Å². The first kappa shape index (κ1) is 21.2. The second-order valence-electron chi connectivity index (χ2n) is 7.87. The van der Waals surface area contributed by atoms with Crippen LogP contribution in [0.1, 0.15) is 24.5 Å².